The van der Waals surface area contributed by atoms with Crippen LogP contribution in [0.4, 0.5) is 0 Å². The van der Waals surface area contributed by atoms with Gasteiger partial charge in [-0.3, -0.25) is 0 Å². The van der Waals surface area contributed by atoms with E-state index < -0.39 is 0 Å². The minimum atomic E-state index is 0.0679. The Morgan fingerprint density at radius 2 is 1.94 bits per heavy atom. The van der Waals surface area contributed by atoms with Crippen molar-refractivity contribution in [2.45, 2.75) is 65.1 Å². The summed E-state index contributed by atoms with van der Waals surface area (Å²) in [6, 6.07) is 0. The van der Waals surface area contributed by atoms with Gasteiger partial charge in [0, 0.05) is 0 Å². The van der Waals surface area contributed by atoms with Gasteiger partial charge in [-0.05, 0) is 53.4 Å². The molecule has 1 heterocycles. The van der Waals surface area contributed by atoms with Crippen molar-refractivity contribution in [1.82, 2.24) is 0 Å². The van der Waals surface area contributed by atoms with Gasteiger partial charge in [0.25, 0.3) is 0 Å². The number of ether oxygens (including phenoxy) is 1. The molecular formula is C16H26O. The minimum absolute atomic E-state index is 0.0679. The van der Waals surface area contributed by atoms with E-state index in [0.717, 1.165) is 19.3 Å². The largest absolute Gasteiger partial charge is 0.362 e. The molecule has 0 aromatic heterocycles. The van der Waals surface area contributed by atoms with E-state index in [9.17, 15) is 0 Å². The lowest BCUT2D eigenvalue weighted by atomic mass is 10.00. The first kappa shape index (κ1) is 14.2. The van der Waals surface area contributed by atoms with Crippen molar-refractivity contribution in [1.29, 1.82) is 0 Å². The fourth-order valence-corrected chi connectivity index (χ4v) is 2.05. The highest BCUT2D eigenvalue weighted by molar-refractivity contribution is 5.10. The van der Waals surface area contributed by atoms with Gasteiger partial charge in [0.15, 0.2) is 0 Å². The third kappa shape index (κ3) is 4.91. The van der Waals surface area contributed by atoms with Gasteiger partial charge in [-0.25, -0.2) is 0 Å². The molecule has 1 fully saturated rings. The van der Waals surface area contributed by atoms with E-state index >= 15 is 0 Å². The van der Waals surface area contributed by atoms with Crippen LogP contribution in [0.3, 0.4) is 0 Å². The summed E-state index contributed by atoms with van der Waals surface area (Å²) in [4.78, 5) is 0. The highest BCUT2D eigenvalue weighted by Gasteiger charge is 2.49. The Morgan fingerprint density at radius 3 is 2.47 bits per heavy atom. The summed E-state index contributed by atoms with van der Waals surface area (Å²) in [6.45, 7) is 12.5. The van der Waals surface area contributed by atoms with Gasteiger partial charge in [-0.1, -0.05) is 29.4 Å². The second kappa shape index (κ2) is 6.20. The van der Waals surface area contributed by atoms with Crippen molar-refractivity contribution in [3.05, 3.63) is 36.0 Å². The maximum Gasteiger partial charge on any atom is 0.105 e. The molecule has 0 aliphatic carbocycles. The molecule has 1 rings (SSSR count). The molecule has 96 valence electrons. The second-order valence-electron chi connectivity index (χ2n) is 5.50. The fourth-order valence-electron chi connectivity index (χ4n) is 2.05. The molecule has 1 aliphatic heterocycles. The van der Waals surface area contributed by atoms with E-state index in [4.69, 9.17) is 4.74 Å². The SMILES string of the molecule is C=C[C@H]1O[C@]1(C)CC/C=C(\C)CCC=C(C)C. The van der Waals surface area contributed by atoms with E-state index in [-0.39, 0.29) is 11.7 Å². The molecule has 0 N–H and O–H groups in total. The number of allylic oxidation sites excluding steroid dienone is 4. The van der Waals surface area contributed by atoms with E-state index in [2.05, 4.69) is 46.4 Å². The van der Waals surface area contributed by atoms with Gasteiger partial charge in [0.05, 0.1) is 5.60 Å². The maximum atomic E-state index is 5.59. The molecule has 0 aromatic carbocycles. The van der Waals surface area contributed by atoms with Crippen LogP contribution in [0.2, 0.25) is 0 Å². The molecule has 0 radical (unpaired) electrons. The molecule has 0 bridgehead atoms. The van der Waals surface area contributed by atoms with Gasteiger partial charge in [-0.2, -0.15) is 0 Å². The predicted octanol–water partition coefficient (Wildman–Crippen LogP) is 4.80. The van der Waals surface area contributed by atoms with Crippen LogP contribution in [0.1, 0.15) is 53.4 Å². The number of rotatable bonds is 7. The molecule has 0 unspecified atom stereocenters. The molecule has 1 aliphatic rings. The summed E-state index contributed by atoms with van der Waals surface area (Å²) in [5.74, 6) is 0. The Balaban J connectivity index is 2.20. The topological polar surface area (TPSA) is 12.5 Å². The standard InChI is InChI=1S/C16H26O/c1-6-15-16(5,17-15)12-8-11-14(4)10-7-9-13(2)3/h6,9,11,15H,1,7-8,10,12H2,2-5H3/b14-11+/t15-,16-/m1/s1. The Morgan fingerprint density at radius 1 is 1.24 bits per heavy atom. The number of epoxide rings is 1. The second-order valence-corrected chi connectivity index (χ2v) is 5.50. The van der Waals surface area contributed by atoms with Crippen LogP contribution in [0.15, 0.2) is 36.0 Å². The van der Waals surface area contributed by atoms with E-state index in [0.29, 0.717) is 0 Å². The van der Waals surface area contributed by atoms with E-state index in [1.54, 1.807) is 0 Å². The number of hydrogen-bond acceptors (Lipinski definition) is 1. The van der Waals surface area contributed by atoms with Crippen molar-refractivity contribution < 1.29 is 4.74 Å². The van der Waals surface area contributed by atoms with E-state index in [1.165, 1.54) is 17.6 Å². The Kier molecular flexibility index (Phi) is 5.20. The lowest BCUT2D eigenvalue weighted by Gasteiger charge is -2.03. The van der Waals surface area contributed by atoms with Crippen LogP contribution in [0.5, 0.6) is 0 Å². The minimum Gasteiger partial charge on any atom is -0.362 e. The molecule has 0 saturated carbocycles. The summed E-state index contributed by atoms with van der Waals surface area (Å²) in [5, 5.41) is 0. The third-order valence-corrected chi connectivity index (χ3v) is 3.38. The summed E-state index contributed by atoms with van der Waals surface area (Å²) < 4.78 is 5.59. The lowest BCUT2D eigenvalue weighted by molar-refractivity contribution is 0.304. The van der Waals surface area contributed by atoms with Crippen LogP contribution in [0.25, 0.3) is 0 Å². The van der Waals surface area contributed by atoms with Gasteiger partial charge >= 0.3 is 0 Å². The van der Waals surface area contributed by atoms with Crippen LogP contribution in [0, 0.1) is 0 Å². The highest BCUT2D eigenvalue weighted by atomic mass is 16.6. The molecule has 17 heavy (non-hydrogen) atoms. The molecule has 1 heteroatoms. The summed E-state index contributed by atoms with van der Waals surface area (Å²) in [5.41, 5.74) is 2.96. The monoisotopic (exact) mass is 234 g/mol. The van der Waals surface area contributed by atoms with Crippen LogP contribution in [-0.4, -0.2) is 11.7 Å². The smallest absolute Gasteiger partial charge is 0.105 e. The summed E-state index contributed by atoms with van der Waals surface area (Å²) >= 11 is 0. The average Bonchev–Trinajstić information content (AvgIpc) is 2.89. The predicted molar refractivity (Wildman–Crippen MR) is 75.1 cm³/mol. The van der Waals surface area contributed by atoms with Gasteiger partial charge in [0.1, 0.15) is 6.10 Å². The van der Waals surface area contributed by atoms with Crippen LogP contribution >= 0.6 is 0 Å². The molecular weight excluding hydrogens is 208 g/mol. The Labute approximate surface area is 106 Å². The van der Waals surface area contributed by atoms with Gasteiger partial charge < -0.3 is 4.74 Å². The summed E-state index contributed by atoms with van der Waals surface area (Å²) in [7, 11) is 0. The van der Waals surface area contributed by atoms with E-state index in [1.807, 2.05) is 6.08 Å². The first-order chi connectivity index (χ1) is 7.98. The normalized spacial score (nSPS) is 27.8. The molecule has 0 aromatic rings. The zero-order valence-corrected chi connectivity index (χ0v) is 11.8. The van der Waals surface area contributed by atoms with Crippen molar-refractivity contribution in [3.63, 3.8) is 0 Å². The Hall–Kier alpha value is -0.820. The zero-order chi connectivity index (χ0) is 12.9. The van der Waals surface area contributed by atoms with Crippen LogP contribution < -0.4 is 0 Å². The number of hydrogen-bond donors (Lipinski definition) is 0. The average molecular weight is 234 g/mol. The first-order valence-corrected chi connectivity index (χ1v) is 6.57. The van der Waals surface area contributed by atoms with Crippen molar-refractivity contribution >= 4 is 0 Å². The summed E-state index contributed by atoms with van der Waals surface area (Å²) in [6.07, 6.45) is 11.4. The van der Waals surface area contributed by atoms with Crippen molar-refractivity contribution in [3.8, 4) is 0 Å². The van der Waals surface area contributed by atoms with Gasteiger partial charge in [0.2, 0.25) is 0 Å². The third-order valence-electron chi connectivity index (χ3n) is 3.38. The molecule has 1 nitrogen and oxygen atoms in total. The van der Waals surface area contributed by atoms with Gasteiger partial charge in [-0.15, -0.1) is 6.58 Å². The quantitative estimate of drug-likeness (QED) is 0.455. The molecule has 2 atom stereocenters. The lowest BCUT2D eigenvalue weighted by Crippen LogP contribution is -2.07. The van der Waals surface area contributed by atoms with Crippen molar-refractivity contribution in [2.24, 2.45) is 0 Å². The molecule has 1 saturated heterocycles. The first-order valence-electron chi connectivity index (χ1n) is 6.57. The fraction of sp³-hybridized carbons (Fsp3) is 0.625. The Bertz CT molecular complexity index is 320. The van der Waals surface area contributed by atoms with Crippen LogP contribution in [-0.2, 0) is 4.74 Å². The highest BCUT2D eigenvalue weighted by Crippen LogP contribution is 2.40. The molecule has 0 spiro atoms. The molecule has 0 amide bonds. The zero-order valence-electron chi connectivity index (χ0n) is 11.8. The maximum absolute atomic E-state index is 5.59. The van der Waals surface area contributed by atoms with Crippen molar-refractivity contribution in [2.75, 3.05) is 0 Å².